The van der Waals surface area contributed by atoms with E-state index in [1.165, 1.54) is 18.2 Å². The molecule has 0 fully saturated rings. The number of carbonyl (C=O) groups excluding carboxylic acids is 1. The molecule has 2 aromatic rings. The average molecular weight is 369 g/mol. The van der Waals surface area contributed by atoms with E-state index in [0.29, 0.717) is 5.02 Å². The minimum absolute atomic E-state index is 0.0151. The molecule has 24 heavy (non-hydrogen) atoms. The molecular formula is C16H14Cl2N2O4. The molecule has 8 heteroatoms. The number of nitro groups is 1. The molecule has 0 unspecified atom stereocenters. The first kappa shape index (κ1) is 18.0. The van der Waals surface area contributed by atoms with Gasteiger partial charge in [-0.1, -0.05) is 35.3 Å². The van der Waals surface area contributed by atoms with Gasteiger partial charge in [0, 0.05) is 16.1 Å². The lowest BCUT2D eigenvalue weighted by atomic mass is 10.1. The number of ether oxygens (including phenoxy) is 1. The Morgan fingerprint density at radius 2 is 1.83 bits per heavy atom. The van der Waals surface area contributed by atoms with E-state index in [-0.39, 0.29) is 29.1 Å². The van der Waals surface area contributed by atoms with Gasteiger partial charge in [0.2, 0.25) is 0 Å². The van der Waals surface area contributed by atoms with E-state index in [0.717, 1.165) is 5.56 Å². The Morgan fingerprint density at radius 3 is 2.46 bits per heavy atom. The van der Waals surface area contributed by atoms with Gasteiger partial charge in [0.25, 0.3) is 5.91 Å². The maximum absolute atomic E-state index is 12.0. The Balaban J connectivity index is 1.96. The molecule has 0 aliphatic rings. The van der Waals surface area contributed by atoms with Crippen molar-refractivity contribution >= 4 is 34.8 Å². The van der Waals surface area contributed by atoms with Gasteiger partial charge in [-0.15, -0.1) is 0 Å². The summed E-state index contributed by atoms with van der Waals surface area (Å²) >= 11 is 11.5. The molecule has 0 spiro atoms. The van der Waals surface area contributed by atoms with Crippen LogP contribution in [0.4, 0.5) is 5.69 Å². The van der Waals surface area contributed by atoms with Crippen molar-refractivity contribution in [1.29, 1.82) is 0 Å². The lowest BCUT2D eigenvalue weighted by molar-refractivity contribution is -0.385. The number of nitrogens with one attached hydrogen (secondary N) is 1. The number of nitrogens with zero attached hydrogens (tertiary/aromatic N) is 1. The highest BCUT2D eigenvalue weighted by Gasteiger charge is 2.17. The van der Waals surface area contributed by atoms with E-state index in [2.05, 4.69) is 5.32 Å². The fourth-order valence-corrected chi connectivity index (χ4v) is 2.31. The highest BCUT2D eigenvalue weighted by Crippen LogP contribution is 2.29. The molecule has 0 saturated carbocycles. The SMILES string of the molecule is C[C@H](NC(=O)COc1ccc(Cl)cc1[N+](=O)[O-])c1ccc(Cl)cc1. The highest BCUT2D eigenvalue weighted by molar-refractivity contribution is 6.31. The Labute approximate surface area is 148 Å². The third-order valence-electron chi connectivity index (χ3n) is 3.22. The van der Waals surface area contributed by atoms with Crippen molar-refractivity contribution in [3.05, 3.63) is 68.2 Å². The second kappa shape index (κ2) is 7.99. The van der Waals surface area contributed by atoms with E-state index in [4.69, 9.17) is 27.9 Å². The first-order valence-electron chi connectivity index (χ1n) is 6.98. The van der Waals surface area contributed by atoms with E-state index < -0.39 is 10.8 Å². The molecule has 1 amide bonds. The molecule has 126 valence electrons. The Morgan fingerprint density at radius 1 is 1.21 bits per heavy atom. The third kappa shape index (κ3) is 4.84. The quantitative estimate of drug-likeness (QED) is 0.612. The predicted molar refractivity (Wildman–Crippen MR) is 91.6 cm³/mol. The van der Waals surface area contributed by atoms with E-state index in [1.807, 2.05) is 6.92 Å². The number of benzene rings is 2. The van der Waals surface area contributed by atoms with Gasteiger partial charge in [-0.2, -0.15) is 0 Å². The summed E-state index contributed by atoms with van der Waals surface area (Å²) in [6, 6.07) is 10.8. The van der Waals surface area contributed by atoms with Gasteiger partial charge in [0.05, 0.1) is 11.0 Å². The topological polar surface area (TPSA) is 81.5 Å². The van der Waals surface area contributed by atoms with Crippen LogP contribution in [0.2, 0.25) is 10.0 Å². The van der Waals surface area contributed by atoms with Crippen LogP contribution in [0.25, 0.3) is 0 Å². The summed E-state index contributed by atoms with van der Waals surface area (Å²) < 4.78 is 5.24. The molecule has 1 atom stereocenters. The van der Waals surface area contributed by atoms with Crippen LogP contribution in [0.15, 0.2) is 42.5 Å². The van der Waals surface area contributed by atoms with Crippen LogP contribution >= 0.6 is 23.2 Å². The molecule has 6 nitrogen and oxygen atoms in total. The number of halogens is 2. The number of carbonyl (C=O) groups is 1. The van der Waals surface area contributed by atoms with E-state index in [1.54, 1.807) is 24.3 Å². The second-order valence-corrected chi connectivity index (χ2v) is 5.87. The Kier molecular flexibility index (Phi) is 6.00. The van der Waals surface area contributed by atoms with Crippen molar-refractivity contribution in [2.24, 2.45) is 0 Å². The predicted octanol–water partition coefficient (Wildman–Crippen LogP) is 4.16. The minimum Gasteiger partial charge on any atom is -0.477 e. The second-order valence-electron chi connectivity index (χ2n) is 5.00. The van der Waals surface area contributed by atoms with Gasteiger partial charge < -0.3 is 10.1 Å². The molecular weight excluding hydrogens is 355 g/mol. The molecule has 0 heterocycles. The van der Waals surface area contributed by atoms with E-state index in [9.17, 15) is 14.9 Å². The largest absolute Gasteiger partial charge is 0.477 e. The smallest absolute Gasteiger partial charge is 0.312 e. The van der Waals surface area contributed by atoms with Crippen LogP contribution in [0, 0.1) is 10.1 Å². The fraction of sp³-hybridized carbons (Fsp3) is 0.188. The van der Waals surface area contributed by atoms with Gasteiger partial charge in [-0.05, 0) is 36.8 Å². The fourth-order valence-electron chi connectivity index (χ4n) is 2.02. The first-order chi connectivity index (χ1) is 11.4. The maximum Gasteiger partial charge on any atom is 0.312 e. The van der Waals surface area contributed by atoms with E-state index >= 15 is 0 Å². The molecule has 2 aromatic carbocycles. The van der Waals surface area contributed by atoms with Crippen molar-refractivity contribution < 1.29 is 14.5 Å². The molecule has 0 radical (unpaired) electrons. The van der Waals surface area contributed by atoms with Crippen LogP contribution < -0.4 is 10.1 Å². The number of rotatable bonds is 6. The molecule has 0 bridgehead atoms. The number of amides is 1. The standard InChI is InChI=1S/C16H14Cl2N2O4/c1-10(11-2-4-12(17)5-3-11)19-16(21)9-24-15-7-6-13(18)8-14(15)20(22)23/h2-8,10H,9H2,1H3,(H,19,21)/t10-/m0/s1. The molecule has 0 aliphatic carbocycles. The van der Waals surface area contributed by atoms with Gasteiger partial charge in [-0.3, -0.25) is 14.9 Å². The van der Waals surface area contributed by atoms with Gasteiger partial charge in [0.15, 0.2) is 12.4 Å². The van der Waals surface area contributed by atoms with Crippen LogP contribution in [0.5, 0.6) is 5.75 Å². The van der Waals surface area contributed by atoms with Crippen LogP contribution in [0.1, 0.15) is 18.5 Å². The first-order valence-corrected chi connectivity index (χ1v) is 7.74. The summed E-state index contributed by atoms with van der Waals surface area (Å²) in [4.78, 5) is 22.3. The maximum atomic E-state index is 12.0. The summed E-state index contributed by atoms with van der Waals surface area (Å²) in [5.41, 5.74) is 0.589. The van der Waals surface area contributed by atoms with Crippen LogP contribution in [-0.2, 0) is 4.79 Å². The number of nitro benzene ring substituents is 1. The molecule has 1 N–H and O–H groups in total. The zero-order valence-corrected chi connectivity index (χ0v) is 14.2. The Hall–Kier alpha value is -2.31. The van der Waals surface area contributed by atoms with Gasteiger partial charge in [0.1, 0.15) is 0 Å². The summed E-state index contributed by atoms with van der Waals surface area (Å²) in [5, 5.41) is 14.5. The highest BCUT2D eigenvalue weighted by atomic mass is 35.5. The lowest BCUT2D eigenvalue weighted by Crippen LogP contribution is -2.31. The summed E-state index contributed by atoms with van der Waals surface area (Å²) in [6.45, 7) is 1.46. The van der Waals surface area contributed by atoms with Crippen LogP contribution in [-0.4, -0.2) is 17.4 Å². The third-order valence-corrected chi connectivity index (χ3v) is 3.71. The molecule has 0 aliphatic heterocycles. The molecule has 0 aromatic heterocycles. The average Bonchev–Trinajstić information content (AvgIpc) is 2.54. The molecule has 0 saturated heterocycles. The Bertz CT molecular complexity index is 750. The van der Waals surface area contributed by atoms with Gasteiger partial charge >= 0.3 is 5.69 Å². The van der Waals surface area contributed by atoms with Gasteiger partial charge in [-0.25, -0.2) is 0 Å². The van der Waals surface area contributed by atoms with Crippen molar-refractivity contribution in [3.63, 3.8) is 0 Å². The summed E-state index contributed by atoms with van der Waals surface area (Å²) in [5.74, 6) is -0.416. The number of hydrogen-bond donors (Lipinski definition) is 1. The zero-order chi connectivity index (χ0) is 17.7. The molecule has 2 rings (SSSR count). The zero-order valence-electron chi connectivity index (χ0n) is 12.7. The van der Waals surface area contributed by atoms with Crippen molar-refractivity contribution in [3.8, 4) is 5.75 Å². The lowest BCUT2D eigenvalue weighted by Gasteiger charge is -2.15. The monoisotopic (exact) mass is 368 g/mol. The summed E-state index contributed by atoms with van der Waals surface area (Å²) in [7, 11) is 0. The van der Waals surface area contributed by atoms with Crippen molar-refractivity contribution in [1.82, 2.24) is 5.32 Å². The normalized spacial score (nSPS) is 11.6. The van der Waals surface area contributed by atoms with Crippen molar-refractivity contribution in [2.75, 3.05) is 6.61 Å². The number of hydrogen-bond acceptors (Lipinski definition) is 4. The minimum atomic E-state index is -0.616. The van der Waals surface area contributed by atoms with Crippen molar-refractivity contribution in [2.45, 2.75) is 13.0 Å². The van der Waals surface area contributed by atoms with Crippen LogP contribution in [0.3, 0.4) is 0 Å². The summed E-state index contributed by atoms with van der Waals surface area (Å²) in [6.07, 6.45) is 0.